The molecule has 1 unspecified atom stereocenters. The fraction of sp³-hybridized carbons (Fsp3) is 0.667. The molecule has 5 heteroatoms. The van der Waals surface area contributed by atoms with E-state index in [0.29, 0.717) is 24.9 Å². The lowest BCUT2D eigenvalue weighted by molar-refractivity contribution is 0.118. The van der Waals surface area contributed by atoms with Gasteiger partial charge in [0.25, 0.3) is 0 Å². The van der Waals surface area contributed by atoms with Crippen LogP contribution in [0, 0.1) is 5.92 Å². The molecule has 0 N–H and O–H groups in total. The lowest BCUT2D eigenvalue weighted by atomic mass is 9.86. The van der Waals surface area contributed by atoms with Crippen LogP contribution in [0.25, 0.3) is 0 Å². The van der Waals surface area contributed by atoms with Gasteiger partial charge in [-0.05, 0) is 38.2 Å². The molecule has 3 rings (SSSR count). The van der Waals surface area contributed by atoms with E-state index in [9.17, 15) is 4.79 Å². The fourth-order valence-electron chi connectivity index (χ4n) is 3.48. The molecule has 1 aromatic heterocycles. The first-order chi connectivity index (χ1) is 11.1. The average molecular weight is 318 g/mol. The lowest BCUT2D eigenvalue weighted by Gasteiger charge is -2.27. The van der Waals surface area contributed by atoms with Crippen LogP contribution in [0.3, 0.4) is 0 Å². The van der Waals surface area contributed by atoms with Crippen LogP contribution in [-0.4, -0.2) is 34.7 Å². The zero-order valence-electron chi connectivity index (χ0n) is 14.0. The molecule has 1 aliphatic heterocycles. The maximum Gasteiger partial charge on any atom is 0.410 e. The highest BCUT2D eigenvalue weighted by Gasteiger charge is 2.28. The first-order valence-corrected chi connectivity index (χ1v) is 8.69. The molecule has 0 radical (unpaired) electrons. The number of hydrogen-bond donors (Lipinski definition) is 0. The second-order valence-corrected chi connectivity index (χ2v) is 6.80. The number of carbonyl (C=O) groups excluding carboxylic acids is 1. The van der Waals surface area contributed by atoms with Gasteiger partial charge in [-0.1, -0.05) is 25.3 Å². The summed E-state index contributed by atoms with van der Waals surface area (Å²) in [4.78, 5) is 17.7. The van der Waals surface area contributed by atoms with Crippen LogP contribution in [0.2, 0.25) is 0 Å². The maximum atomic E-state index is 11.6. The monoisotopic (exact) mass is 318 g/mol. The van der Waals surface area contributed by atoms with Gasteiger partial charge in [-0.25, -0.2) is 9.78 Å². The second kappa shape index (κ2) is 7.20. The predicted molar refractivity (Wildman–Crippen MR) is 87.3 cm³/mol. The lowest BCUT2D eigenvalue weighted by Crippen LogP contribution is -2.26. The second-order valence-electron chi connectivity index (χ2n) is 6.80. The van der Waals surface area contributed by atoms with Crippen molar-refractivity contribution < 1.29 is 14.3 Å². The summed E-state index contributed by atoms with van der Waals surface area (Å²) in [6.45, 7) is 5.22. The summed E-state index contributed by atoms with van der Waals surface area (Å²) in [5, 5.41) is 0. The van der Waals surface area contributed by atoms with Crippen molar-refractivity contribution in [2.75, 3.05) is 6.54 Å². The first kappa shape index (κ1) is 16.1. The molecule has 0 bridgehead atoms. The molecular weight excluding hydrogens is 292 g/mol. The summed E-state index contributed by atoms with van der Waals surface area (Å²) in [5.41, 5.74) is 0.994. The van der Waals surface area contributed by atoms with Crippen LogP contribution in [0.15, 0.2) is 18.3 Å². The van der Waals surface area contributed by atoms with E-state index in [2.05, 4.69) is 11.9 Å². The Morgan fingerprint density at radius 1 is 1.35 bits per heavy atom. The Labute approximate surface area is 138 Å². The van der Waals surface area contributed by atoms with Gasteiger partial charge in [0.2, 0.25) is 5.88 Å². The van der Waals surface area contributed by atoms with Crippen molar-refractivity contribution in [1.82, 2.24) is 9.88 Å². The standard InChI is InChI=1S/C18H26N2O3/c1-13-11-20(18(21)22-13)12-15-8-9-17(19-10-15)23-14(2)16-6-4-3-5-7-16/h8-10,13-14,16H,3-7,11-12H2,1-2H3/t13-,14?/m1/s1. The smallest absolute Gasteiger partial charge is 0.410 e. The highest BCUT2D eigenvalue weighted by molar-refractivity contribution is 5.69. The molecule has 1 aliphatic carbocycles. The van der Waals surface area contributed by atoms with E-state index in [-0.39, 0.29) is 18.3 Å². The Kier molecular flexibility index (Phi) is 5.03. The molecular formula is C18H26N2O3. The molecule has 2 fully saturated rings. The van der Waals surface area contributed by atoms with Gasteiger partial charge in [0.1, 0.15) is 12.2 Å². The van der Waals surface area contributed by atoms with E-state index in [1.165, 1.54) is 32.1 Å². The number of pyridine rings is 1. The number of rotatable bonds is 5. The van der Waals surface area contributed by atoms with Crippen molar-refractivity contribution in [2.24, 2.45) is 5.92 Å². The SMILES string of the molecule is CC(Oc1ccc(CN2C[C@@H](C)OC2=O)cn1)C1CCCCC1. The van der Waals surface area contributed by atoms with Crippen LogP contribution < -0.4 is 4.74 Å². The van der Waals surface area contributed by atoms with Gasteiger partial charge < -0.3 is 14.4 Å². The van der Waals surface area contributed by atoms with E-state index < -0.39 is 0 Å². The Morgan fingerprint density at radius 2 is 2.13 bits per heavy atom. The van der Waals surface area contributed by atoms with E-state index in [1.54, 1.807) is 11.1 Å². The van der Waals surface area contributed by atoms with E-state index in [1.807, 2.05) is 19.1 Å². The van der Waals surface area contributed by atoms with E-state index in [4.69, 9.17) is 9.47 Å². The largest absolute Gasteiger partial charge is 0.474 e. The van der Waals surface area contributed by atoms with Gasteiger partial charge in [-0.2, -0.15) is 0 Å². The first-order valence-electron chi connectivity index (χ1n) is 8.69. The van der Waals surface area contributed by atoms with Gasteiger partial charge in [0.15, 0.2) is 0 Å². The van der Waals surface area contributed by atoms with Crippen molar-refractivity contribution in [2.45, 2.75) is 64.7 Å². The third-order valence-corrected chi connectivity index (χ3v) is 4.83. The van der Waals surface area contributed by atoms with E-state index in [0.717, 1.165) is 5.56 Å². The number of amides is 1. The van der Waals surface area contributed by atoms with Crippen molar-refractivity contribution in [3.8, 4) is 5.88 Å². The minimum absolute atomic E-state index is 0.0330. The average Bonchev–Trinajstić information content (AvgIpc) is 2.87. The van der Waals surface area contributed by atoms with Crippen molar-refractivity contribution >= 4 is 6.09 Å². The summed E-state index contributed by atoms with van der Waals surface area (Å²) in [7, 11) is 0. The summed E-state index contributed by atoms with van der Waals surface area (Å²) in [6, 6.07) is 3.88. The molecule has 2 heterocycles. The topological polar surface area (TPSA) is 51.7 Å². The Morgan fingerprint density at radius 3 is 2.74 bits per heavy atom. The Balaban J connectivity index is 1.53. The number of cyclic esters (lactones) is 1. The molecule has 5 nitrogen and oxygen atoms in total. The third-order valence-electron chi connectivity index (χ3n) is 4.83. The predicted octanol–water partition coefficient (Wildman–Crippen LogP) is 3.77. The highest BCUT2D eigenvalue weighted by Crippen LogP contribution is 2.28. The minimum Gasteiger partial charge on any atom is -0.474 e. The molecule has 126 valence electrons. The number of carbonyl (C=O) groups is 1. The molecule has 1 aromatic rings. The van der Waals surface area contributed by atoms with Gasteiger partial charge in [0.05, 0.1) is 13.1 Å². The van der Waals surface area contributed by atoms with Crippen molar-refractivity contribution in [3.05, 3.63) is 23.9 Å². The van der Waals surface area contributed by atoms with Crippen LogP contribution in [0.4, 0.5) is 4.79 Å². The van der Waals surface area contributed by atoms with Gasteiger partial charge in [-0.3, -0.25) is 0 Å². The number of nitrogens with zero attached hydrogens (tertiary/aromatic N) is 2. The normalized spacial score (nSPS) is 23.7. The summed E-state index contributed by atoms with van der Waals surface area (Å²) >= 11 is 0. The number of ether oxygens (including phenoxy) is 2. The molecule has 1 amide bonds. The summed E-state index contributed by atoms with van der Waals surface area (Å²) in [5.74, 6) is 1.32. The molecule has 1 saturated carbocycles. The number of hydrogen-bond acceptors (Lipinski definition) is 4. The van der Waals surface area contributed by atoms with Crippen LogP contribution in [0.1, 0.15) is 51.5 Å². The zero-order valence-corrected chi connectivity index (χ0v) is 14.0. The van der Waals surface area contributed by atoms with Gasteiger partial charge >= 0.3 is 6.09 Å². The van der Waals surface area contributed by atoms with Crippen LogP contribution in [0.5, 0.6) is 5.88 Å². The summed E-state index contributed by atoms with van der Waals surface area (Å²) < 4.78 is 11.1. The van der Waals surface area contributed by atoms with Crippen molar-refractivity contribution in [3.63, 3.8) is 0 Å². The van der Waals surface area contributed by atoms with Gasteiger partial charge in [0, 0.05) is 12.3 Å². The fourth-order valence-corrected chi connectivity index (χ4v) is 3.48. The Bertz CT molecular complexity index is 526. The van der Waals surface area contributed by atoms with Crippen LogP contribution >= 0.6 is 0 Å². The maximum absolute atomic E-state index is 11.6. The quantitative estimate of drug-likeness (QED) is 0.829. The van der Waals surface area contributed by atoms with Crippen molar-refractivity contribution in [1.29, 1.82) is 0 Å². The molecule has 2 aliphatic rings. The highest BCUT2D eigenvalue weighted by atomic mass is 16.6. The number of aromatic nitrogens is 1. The molecule has 1 saturated heterocycles. The Hall–Kier alpha value is -1.78. The van der Waals surface area contributed by atoms with E-state index >= 15 is 0 Å². The minimum atomic E-state index is -0.247. The summed E-state index contributed by atoms with van der Waals surface area (Å²) in [6.07, 6.45) is 8.22. The third kappa shape index (κ3) is 4.15. The molecule has 2 atom stereocenters. The molecule has 0 aromatic carbocycles. The van der Waals surface area contributed by atoms with Gasteiger partial charge in [-0.15, -0.1) is 0 Å². The molecule has 23 heavy (non-hydrogen) atoms. The molecule has 0 spiro atoms. The van der Waals surface area contributed by atoms with Crippen LogP contribution in [-0.2, 0) is 11.3 Å². The zero-order chi connectivity index (χ0) is 16.2.